The summed E-state index contributed by atoms with van der Waals surface area (Å²) in [5.74, 6) is 0.715. The molecule has 1 rings (SSSR count). The highest BCUT2D eigenvalue weighted by Crippen LogP contribution is 2.04. The first-order valence-electron chi connectivity index (χ1n) is 3.77. The Morgan fingerprint density at radius 1 is 1.75 bits per heavy atom. The molecule has 0 radical (unpaired) electrons. The van der Waals surface area contributed by atoms with Crippen LogP contribution in [0.1, 0.15) is 6.92 Å². The van der Waals surface area contributed by atoms with Gasteiger partial charge in [-0.25, -0.2) is 9.88 Å². The Morgan fingerprint density at radius 3 is 3.08 bits per heavy atom. The summed E-state index contributed by atoms with van der Waals surface area (Å²) < 4.78 is 1.89. The molecule has 0 aromatic carbocycles. The van der Waals surface area contributed by atoms with E-state index in [0.29, 0.717) is 17.9 Å². The maximum absolute atomic E-state index is 10.2. The number of nitrogen functional groups attached to an aromatic ring is 1. The molecule has 0 fully saturated rings. The van der Waals surface area contributed by atoms with E-state index in [1.165, 1.54) is 0 Å². The molecule has 3 N–H and O–H groups in total. The van der Waals surface area contributed by atoms with Crippen LogP contribution in [0.5, 0.6) is 0 Å². The molecule has 1 amide bonds. The number of amides is 1. The van der Waals surface area contributed by atoms with E-state index in [1.54, 1.807) is 12.1 Å². The molecule has 1 aromatic heterocycles. The number of pyridine rings is 1. The number of carbonyl (C=O) groups excluding carboxylic acids is 1. The third kappa shape index (κ3) is 1.72. The fraction of sp³-hybridized carbons (Fsp3) is 0.250. The van der Waals surface area contributed by atoms with Crippen LogP contribution in [0.15, 0.2) is 18.3 Å². The summed E-state index contributed by atoms with van der Waals surface area (Å²) in [4.78, 5) is 10.2. The smallest absolute Gasteiger partial charge is 0.295 e. The van der Waals surface area contributed by atoms with Gasteiger partial charge in [-0.15, -0.1) is 0 Å². The number of carbonyl (C=O) groups is 1. The highest BCUT2D eigenvalue weighted by atomic mass is 16.1. The molecule has 0 aliphatic rings. The van der Waals surface area contributed by atoms with Gasteiger partial charge in [0.1, 0.15) is 0 Å². The van der Waals surface area contributed by atoms with Crippen molar-refractivity contribution in [3.8, 4) is 0 Å². The molecule has 0 bridgehead atoms. The molecule has 12 heavy (non-hydrogen) atoms. The van der Waals surface area contributed by atoms with Crippen LogP contribution >= 0.6 is 0 Å². The van der Waals surface area contributed by atoms with Gasteiger partial charge in [0.25, 0.3) is 12.2 Å². The summed E-state index contributed by atoms with van der Waals surface area (Å²) in [6.07, 6.45) is 2.47. The van der Waals surface area contributed by atoms with Crippen molar-refractivity contribution in [2.75, 3.05) is 11.1 Å². The van der Waals surface area contributed by atoms with E-state index in [9.17, 15) is 4.79 Å². The molecule has 0 atom stereocenters. The second kappa shape index (κ2) is 3.71. The number of nitrogens with zero attached hydrogens (tertiary/aromatic N) is 1. The van der Waals surface area contributed by atoms with Crippen molar-refractivity contribution in [1.82, 2.24) is 0 Å². The molecule has 0 unspecified atom stereocenters. The first-order valence-corrected chi connectivity index (χ1v) is 3.77. The van der Waals surface area contributed by atoms with Crippen molar-refractivity contribution in [3.05, 3.63) is 18.3 Å². The number of anilines is 2. The third-order valence-electron chi connectivity index (χ3n) is 1.61. The number of aryl methyl sites for hydroxylation is 1. The highest BCUT2D eigenvalue weighted by molar-refractivity contribution is 5.68. The van der Waals surface area contributed by atoms with Crippen molar-refractivity contribution in [3.63, 3.8) is 0 Å². The van der Waals surface area contributed by atoms with E-state index in [2.05, 4.69) is 5.32 Å². The highest BCUT2D eigenvalue weighted by Gasteiger charge is 2.05. The summed E-state index contributed by atoms with van der Waals surface area (Å²) in [5.41, 5.74) is 6.19. The van der Waals surface area contributed by atoms with Crippen LogP contribution in [-0.4, -0.2) is 6.41 Å². The summed E-state index contributed by atoms with van der Waals surface area (Å²) >= 11 is 0. The van der Waals surface area contributed by atoms with Crippen LogP contribution in [-0.2, 0) is 11.3 Å². The zero-order valence-corrected chi connectivity index (χ0v) is 6.95. The van der Waals surface area contributed by atoms with Gasteiger partial charge < -0.3 is 5.73 Å². The number of aromatic nitrogens is 1. The predicted molar refractivity (Wildman–Crippen MR) is 46.4 cm³/mol. The number of rotatable bonds is 3. The zero-order valence-electron chi connectivity index (χ0n) is 6.95. The van der Waals surface area contributed by atoms with E-state index in [-0.39, 0.29) is 0 Å². The molecule has 0 saturated carbocycles. The quantitative estimate of drug-likeness (QED) is 0.496. The van der Waals surface area contributed by atoms with Crippen LogP contribution in [0.3, 0.4) is 0 Å². The molecule has 4 heteroatoms. The molecule has 0 aliphatic carbocycles. The Kier molecular flexibility index (Phi) is 2.63. The van der Waals surface area contributed by atoms with E-state index in [0.717, 1.165) is 6.54 Å². The Labute approximate surface area is 71.0 Å². The lowest BCUT2D eigenvalue weighted by Crippen LogP contribution is -2.35. The zero-order chi connectivity index (χ0) is 8.97. The first-order chi connectivity index (χ1) is 5.77. The van der Waals surface area contributed by atoms with Crippen molar-refractivity contribution in [2.24, 2.45) is 0 Å². The number of nitrogens with one attached hydrogen (secondary N) is 1. The monoisotopic (exact) mass is 166 g/mol. The van der Waals surface area contributed by atoms with Crippen LogP contribution in [0.2, 0.25) is 0 Å². The van der Waals surface area contributed by atoms with Gasteiger partial charge in [-0.1, -0.05) is 0 Å². The topological polar surface area (TPSA) is 59.0 Å². The van der Waals surface area contributed by atoms with Gasteiger partial charge in [0.15, 0.2) is 0 Å². The fourth-order valence-electron chi connectivity index (χ4n) is 1.01. The standard InChI is InChI=1S/C8H11N3O/c1-2-11-4-3-7(9)5-8(11)10-6-12/h3-6H,2H2,1H3,(H2,9,10,12)/p+1. The summed E-state index contributed by atoms with van der Waals surface area (Å²) in [6, 6.07) is 3.51. The van der Waals surface area contributed by atoms with Crippen LogP contribution in [0.4, 0.5) is 11.5 Å². The van der Waals surface area contributed by atoms with E-state index < -0.39 is 0 Å². The maximum Gasteiger partial charge on any atom is 0.295 e. The Morgan fingerprint density at radius 2 is 2.50 bits per heavy atom. The summed E-state index contributed by atoms with van der Waals surface area (Å²) in [6.45, 7) is 2.79. The van der Waals surface area contributed by atoms with Gasteiger partial charge in [-0.05, 0) is 6.92 Å². The summed E-state index contributed by atoms with van der Waals surface area (Å²) in [5, 5.41) is 2.57. The maximum atomic E-state index is 10.2. The Hall–Kier alpha value is -1.58. The van der Waals surface area contributed by atoms with Crippen molar-refractivity contribution in [2.45, 2.75) is 13.5 Å². The largest absolute Gasteiger partial charge is 0.398 e. The number of hydrogen-bond donors (Lipinski definition) is 2. The SMILES string of the molecule is CC[n+]1ccc(N)cc1NC=O. The second-order valence-corrected chi connectivity index (χ2v) is 2.39. The van der Waals surface area contributed by atoms with Crippen LogP contribution in [0, 0.1) is 0 Å². The van der Waals surface area contributed by atoms with E-state index >= 15 is 0 Å². The van der Waals surface area contributed by atoms with Crippen LogP contribution in [0.25, 0.3) is 0 Å². The van der Waals surface area contributed by atoms with Gasteiger partial charge in [0.2, 0.25) is 0 Å². The Bertz CT molecular complexity index is 286. The van der Waals surface area contributed by atoms with Gasteiger partial charge >= 0.3 is 0 Å². The molecule has 1 aromatic rings. The molecule has 0 spiro atoms. The first kappa shape index (κ1) is 8.52. The van der Waals surface area contributed by atoms with Crippen molar-refractivity contribution >= 4 is 17.9 Å². The lowest BCUT2D eigenvalue weighted by molar-refractivity contribution is -0.679. The predicted octanol–water partition coefficient (Wildman–Crippen LogP) is 0.144. The lowest BCUT2D eigenvalue weighted by atomic mass is 10.4. The van der Waals surface area contributed by atoms with E-state index in [1.807, 2.05) is 17.7 Å². The van der Waals surface area contributed by atoms with Crippen molar-refractivity contribution < 1.29 is 9.36 Å². The molecule has 64 valence electrons. The fourth-order valence-corrected chi connectivity index (χ4v) is 1.01. The van der Waals surface area contributed by atoms with Crippen molar-refractivity contribution in [1.29, 1.82) is 0 Å². The van der Waals surface area contributed by atoms with Gasteiger partial charge in [-0.2, -0.15) is 0 Å². The minimum Gasteiger partial charge on any atom is -0.398 e. The normalized spacial score (nSPS) is 9.42. The average Bonchev–Trinajstić information content (AvgIpc) is 2.05. The summed E-state index contributed by atoms with van der Waals surface area (Å²) in [7, 11) is 0. The minimum absolute atomic E-state index is 0.640. The molecular weight excluding hydrogens is 154 g/mol. The van der Waals surface area contributed by atoms with E-state index in [4.69, 9.17) is 5.73 Å². The number of hydrogen-bond acceptors (Lipinski definition) is 2. The molecule has 4 nitrogen and oxygen atoms in total. The third-order valence-corrected chi connectivity index (χ3v) is 1.61. The lowest BCUT2D eigenvalue weighted by Gasteiger charge is -2.01. The average molecular weight is 166 g/mol. The molecule has 0 aliphatic heterocycles. The number of nitrogens with two attached hydrogens (primary N) is 1. The Balaban J connectivity index is 3.03. The molecule has 0 saturated heterocycles. The molecule has 1 heterocycles. The van der Waals surface area contributed by atoms with Crippen LogP contribution < -0.4 is 15.6 Å². The second-order valence-electron chi connectivity index (χ2n) is 2.39. The molecular formula is C8H12N3O+. The van der Waals surface area contributed by atoms with Gasteiger partial charge in [0.05, 0.1) is 18.8 Å². The van der Waals surface area contributed by atoms with Gasteiger partial charge in [-0.3, -0.25) is 4.79 Å². The van der Waals surface area contributed by atoms with Gasteiger partial charge in [0, 0.05) is 11.8 Å². The minimum atomic E-state index is 0.640.